The second kappa shape index (κ2) is 5.47. The number of ether oxygens (including phenoxy) is 1. The van der Waals surface area contributed by atoms with E-state index in [0.717, 1.165) is 11.3 Å². The van der Waals surface area contributed by atoms with E-state index in [4.69, 9.17) is 10.5 Å². The van der Waals surface area contributed by atoms with Gasteiger partial charge in [-0.1, -0.05) is 30.3 Å². The van der Waals surface area contributed by atoms with Gasteiger partial charge in [0.05, 0.1) is 12.7 Å². The molecule has 4 heteroatoms. The van der Waals surface area contributed by atoms with E-state index in [1.165, 1.54) is 12.1 Å². The second-order valence-electron chi connectivity index (χ2n) is 5.41. The molecule has 1 heterocycles. The van der Waals surface area contributed by atoms with E-state index >= 15 is 0 Å². The first-order valence-corrected chi connectivity index (χ1v) is 7.03. The lowest BCUT2D eigenvalue weighted by Gasteiger charge is -2.41. The third-order valence-corrected chi connectivity index (χ3v) is 4.30. The minimum Gasteiger partial charge on any atom is -0.493 e. The third-order valence-electron chi connectivity index (χ3n) is 4.30. The molecule has 2 atom stereocenters. The molecule has 1 aliphatic heterocycles. The van der Waals surface area contributed by atoms with Gasteiger partial charge in [0, 0.05) is 17.5 Å². The van der Waals surface area contributed by atoms with Gasteiger partial charge >= 0.3 is 0 Å². The number of aliphatic hydroxyl groups excluding tert-OH is 1. The maximum Gasteiger partial charge on any atom is 0.123 e. The van der Waals surface area contributed by atoms with Crippen molar-refractivity contribution in [2.75, 3.05) is 13.2 Å². The Morgan fingerprint density at radius 1 is 1.19 bits per heavy atom. The van der Waals surface area contributed by atoms with Gasteiger partial charge in [0.1, 0.15) is 11.6 Å². The number of benzene rings is 2. The van der Waals surface area contributed by atoms with E-state index in [2.05, 4.69) is 0 Å². The SMILES string of the molecule is NCC1(C(O)c2ccc(F)cc2)CCOc2ccccc21. The minimum absolute atomic E-state index is 0.298. The molecule has 1 aliphatic rings. The number of halogens is 1. The van der Waals surface area contributed by atoms with Crippen LogP contribution in [0.1, 0.15) is 23.7 Å². The molecule has 0 bridgehead atoms. The molecular formula is C17H18FNO2. The lowest BCUT2D eigenvalue weighted by molar-refractivity contribution is 0.0535. The Bertz CT molecular complexity index is 629. The number of rotatable bonds is 3. The zero-order chi connectivity index (χ0) is 14.9. The van der Waals surface area contributed by atoms with Gasteiger partial charge in [-0.05, 0) is 30.2 Å². The molecule has 0 amide bonds. The van der Waals surface area contributed by atoms with E-state index in [1.54, 1.807) is 12.1 Å². The van der Waals surface area contributed by atoms with Crippen molar-refractivity contribution in [3.8, 4) is 5.75 Å². The van der Waals surface area contributed by atoms with Crippen LogP contribution < -0.4 is 10.5 Å². The quantitative estimate of drug-likeness (QED) is 0.912. The zero-order valence-electron chi connectivity index (χ0n) is 11.6. The molecule has 0 saturated heterocycles. The van der Waals surface area contributed by atoms with E-state index in [0.29, 0.717) is 25.1 Å². The zero-order valence-corrected chi connectivity index (χ0v) is 11.6. The smallest absolute Gasteiger partial charge is 0.123 e. The van der Waals surface area contributed by atoms with Crippen LogP contribution in [0.5, 0.6) is 5.75 Å². The highest BCUT2D eigenvalue weighted by Gasteiger charge is 2.43. The number of fused-ring (bicyclic) bond motifs is 1. The van der Waals surface area contributed by atoms with Crippen molar-refractivity contribution < 1.29 is 14.2 Å². The molecule has 3 N–H and O–H groups in total. The van der Waals surface area contributed by atoms with Crippen LogP contribution in [0.2, 0.25) is 0 Å². The van der Waals surface area contributed by atoms with Crippen molar-refractivity contribution in [3.05, 3.63) is 65.5 Å². The summed E-state index contributed by atoms with van der Waals surface area (Å²) in [6.45, 7) is 0.804. The van der Waals surface area contributed by atoms with Crippen LogP contribution in [0, 0.1) is 5.82 Å². The van der Waals surface area contributed by atoms with Crippen LogP contribution in [-0.4, -0.2) is 18.3 Å². The van der Waals surface area contributed by atoms with Crippen LogP contribution >= 0.6 is 0 Å². The molecule has 2 unspecified atom stereocenters. The summed E-state index contributed by atoms with van der Waals surface area (Å²) in [7, 11) is 0. The number of nitrogens with two attached hydrogens (primary N) is 1. The van der Waals surface area contributed by atoms with Crippen molar-refractivity contribution >= 4 is 0 Å². The first-order chi connectivity index (χ1) is 10.2. The van der Waals surface area contributed by atoms with Gasteiger partial charge in [-0.25, -0.2) is 4.39 Å². The lowest BCUT2D eigenvalue weighted by Crippen LogP contribution is -2.44. The fraction of sp³-hybridized carbons (Fsp3) is 0.294. The maximum absolute atomic E-state index is 13.1. The number of aliphatic hydroxyl groups is 1. The number of para-hydroxylation sites is 1. The molecule has 2 aromatic carbocycles. The number of hydrogen-bond acceptors (Lipinski definition) is 3. The molecule has 2 aromatic rings. The molecule has 0 aromatic heterocycles. The largest absolute Gasteiger partial charge is 0.493 e. The Kier molecular flexibility index (Phi) is 3.66. The van der Waals surface area contributed by atoms with E-state index < -0.39 is 11.5 Å². The van der Waals surface area contributed by atoms with Gasteiger partial charge in [0.15, 0.2) is 0 Å². The summed E-state index contributed by atoms with van der Waals surface area (Å²) in [5, 5.41) is 10.9. The van der Waals surface area contributed by atoms with Crippen molar-refractivity contribution in [2.45, 2.75) is 17.9 Å². The van der Waals surface area contributed by atoms with E-state index in [1.807, 2.05) is 24.3 Å². The Labute approximate surface area is 123 Å². The monoisotopic (exact) mass is 287 g/mol. The average Bonchev–Trinajstić information content (AvgIpc) is 2.54. The van der Waals surface area contributed by atoms with Crippen molar-refractivity contribution in [2.24, 2.45) is 5.73 Å². The first-order valence-electron chi connectivity index (χ1n) is 7.03. The van der Waals surface area contributed by atoms with Crippen molar-refractivity contribution in [1.82, 2.24) is 0 Å². The topological polar surface area (TPSA) is 55.5 Å². The van der Waals surface area contributed by atoms with Gasteiger partial charge in [-0.15, -0.1) is 0 Å². The normalized spacial score (nSPS) is 22.2. The molecule has 3 rings (SSSR count). The van der Waals surface area contributed by atoms with Crippen LogP contribution in [0.4, 0.5) is 4.39 Å². The fourth-order valence-electron chi connectivity index (χ4n) is 3.05. The summed E-state index contributed by atoms with van der Waals surface area (Å²) in [4.78, 5) is 0. The average molecular weight is 287 g/mol. The molecule has 0 spiro atoms. The van der Waals surface area contributed by atoms with Gasteiger partial charge in [0.2, 0.25) is 0 Å². The van der Waals surface area contributed by atoms with Crippen molar-refractivity contribution in [1.29, 1.82) is 0 Å². The molecule has 110 valence electrons. The lowest BCUT2D eigenvalue weighted by atomic mass is 9.69. The van der Waals surface area contributed by atoms with Gasteiger partial charge in [-0.2, -0.15) is 0 Å². The Morgan fingerprint density at radius 3 is 2.62 bits per heavy atom. The summed E-state index contributed by atoms with van der Waals surface area (Å²) in [5.74, 6) is 0.440. The highest BCUT2D eigenvalue weighted by Crippen LogP contribution is 2.46. The van der Waals surface area contributed by atoms with Crippen LogP contribution in [0.25, 0.3) is 0 Å². The Balaban J connectivity index is 2.07. The molecule has 0 aliphatic carbocycles. The number of hydrogen-bond donors (Lipinski definition) is 2. The highest BCUT2D eigenvalue weighted by atomic mass is 19.1. The predicted octanol–water partition coefficient (Wildman–Crippen LogP) is 2.54. The van der Waals surface area contributed by atoms with Crippen LogP contribution in [0.15, 0.2) is 48.5 Å². The second-order valence-corrected chi connectivity index (χ2v) is 5.41. The highest BCUT2D eigenvalue weighted by molar-refractivity contribution is 5.44. The van der Waals surface area contributed by atoms with E-state index in [9.17, 15) is 9.50 Å². The van der Waals surface area contributed by atoms with Crippen LogP contribution in [-0.2, 0) is 5.41 Å². The summed E-state index contributed by atoms with van der Waals surface area (Å²) in [6.07, 6.45) is -0.174. The molecule has 0 fully saturated rings. The van der Waals surface area contributed by atoms with Gasteiger partial charge in [0.25, 0.3) is 0 Å². The molecular weight excluding hydrogens is 269 g/mol. The summed E-state index contributed by atoms with van der Waals surface area (Å²) in [6, 6.07) is 13.6. The van der Waals surface area contributed by atoms with E-state index in [-0.39, 0.29) is 5.82 Å². The molecule has 21 heavy (non-hydrogen) atoms. The van der Waals surface area contributed by atoms with Gasteiger partial charge < -0.3 is 15.6 Å². The summed E-state index contributed by atoms with van der Waals surface area (Å²) < 4.78 is 18.7. The van der Waals surface area contributed by atoms with Gasteiger partial charge in [-0.3, -0.25) is 0 Å². The summed E-state index contributed by atoms with van der Waals surface area (Å²) >= 11 is 0. The minimum atomic E-state index is -0.798. The first kappa shape index (κ1) is 14.0. The fourth-order valence-corrected chi connectivity index (χ4v) is 3.05. The third kappa shape index (κ3) is 2.30. The molecule has 0 saturated carbocycles. The Morgan fingerprint density at radius 2 is 1.90 bits per heavy atom. The van der Waals surface area contributed by atoms with Crippen molar-refractivity contribution in [3.63, 3.8) is 0 Å². The maximum atomic E-state index is 13.1. The molecule has 3 nitrogen and oxygen atoms in total. The Hall–Kier alpha value is -1.91. The predicted molar refractivity (Wildman–Crippen MR) is 78.6 cm³/mol. The molecule has 0 radical (unpaired) electrons. The standard InChI is InChI=1S/C17H18FNO2/c18-13-7-5-12(6-8-13)16(20)17(11-19)9-10-21-15-4-2-1-3-14(15)17/h1-8,16,20H,9-11,19H2. The summed E-state index contributed by atoms with van der Waals surface area (Å²) in [5.41, 5.74) is 7.01. The van der Waals surface area contributed by atoms with Crippen LogP contribution in [0.3, 0.4) is 0 Å².